The predicted octanol–water partition coefficient (Wildman–Crippen LogP) is 3.24. The minimum Gasteiger partial charge on any atom is -0.348 e. The van der Waals surface area contributed by atoms with Crippen LogP contribution in [0.2, 0.25) is 0 Å². The molecule has 0 aliphatic heterocycles. The number of hydrogen-bond acceptors (Lipinski definition) is 0. The van der Waals surface area contributed by atoms with E-state index in [4.69, 9.17) is 0 Å². The van der Waals surface area contributed by atoms with Gasteiger partial charge in [0.2, 0.25) is 0 Å². The lowest BCUT2D eigenvalue weighted by Crippen LogP contribution is -1.97. The van der Waals surface area contributed by atoms with Gasteiger partial charge in [-0.3, -0.25) is 0 Å². The molecule has 0 amide bonds. The van der Waals surface area contributed by atoms with Gasteiger partial charge in [0.15, 0.2) is 0 Å². The highest BCUT2D eigenvalue weighted by Crippen LogP contribution is 2.12. The molecule has 66 valence electrons. The normalized spacial score (nSPS) is 11.2. The Labute approximate surface area is 74.7 Å². The van der Waals surface area contributed by atoms with E-state index in [0.29, 0.717) is 0 Å². The fourth-order valence-corrected chi connectivity index (χ4v) is 1.41. The van der Waals surface area contributed by atoms with Crippen LogP contribution < -0.4 is 0 Å². The van der Waals surface area contributed by atoms with E-state index in [1.807, 2.05) is 0 Å². The van der Waals surface area contributed by atoms with Gasteiger partial charge in [-0.25, -0.2) is 0 Å². The van der Waals surface area contributed by atoms with Gasteiger partial charge in [0.25, 0.3) is 0 Å². The molecule has 1 aromatic heterocycles. The van der Waals surface area contributed by atoms with Crippen LogP contribution in [-0.4, -0.2) is 4.57 Å². The Kier molecular flexibility index (Phi) is 3.15. The Balaban J connectivity index is 2.95. The fraction of sp³-hybridized carbons (Fsp3) is 0.455. The summed E-state index contributed by atoms with van der Waals surface area (Å²) in [6, 6.07) is 2.17. The first-order chi connectivity index (χ1) is 5.79. The van der Waals surface area contributed by atoms with Crippen LogP contribution in [0.25, 0.3) is 6.08 Å². The van der Waals surface area contributed by atoms with Crippen LogP contribution >= 0.6 is 0 Å². The van der Waals surface area contributed by atoms with Crippen molar-refractivity contribution in [1.82, 2.24) is 4.57 Å². The molecule has 1 rings (SSSR count). The highest BCUT2D eigenvalue weighted by Gasteiger charge is 1.99. The van der Waals surface area contributed by atoms with E-state index in [-0.39, 0.29) is 0 Å². The van der Waals surface area contributed by atoms with Crippen molar-refractivity contribution in [3.05, 3.63) is 29.6 Å². The molecule has 0 N–H and O–H groups in total. The Morgan fingerprint density at radius 1 is 1.50 bits per heavy atom. The summed E-state index contributed by atoms with van der Waals surface area (Å²) >= 11 is 0. The molecule has 0 radical (unpaired) electrons. The van der Waals surface area contributed by atoms with Crippen molar-refractivity contribution in [2.24, 2.45) is 0 Å². The Morgan fingerprint density at radius 2 is 2.25 bits per heavy atom. The SMILES string of the molecule is CC=Cc1c(C)ccn1CCC. The maximum Gasteiger partial charge on any atom is 0.0433 e. The van der Waals surface area contributed by atoms with Gasteiger partial charge in [-0.1, -0.05) is 13.0 Å². The van der Waals surface area contributed by atoms with Gasteiger partial charge < -0.3 is 4.57 Å². The topological polar surface area (TPSA) is 4.93 Å². The summed E-state index contributed by atoms with van der Waals surface area (Å²) in [5, 5.41) is 0. The zero-order chi connectivity index (χ0) is 8.97. The van der Waals surface area contributed by atoms with E-state index in [1.165, 1.54) is 17.7 Å². The Hall–Kier alpha value is -0.980. The molecule has 12 heavy (non-hydrogen) atoms. The molecule has 1 heteroatoms. The molecule has 1 nitrogen and oxygen atoms in total. The highest BCUT2D eigenvalue weighted by atomic mass is 15.0. The maximum absolute atomic E-state index is 2.30. The second kappa shape index (κ2) is 4.15. The van der Waals surface area contributed by atoms with Crippen molar-refractivity contribution in [1.29, 1.82) is 0 Å². The zero-order valence-electron chi connectivity index (χ0n) is 8.17. The average molecular weight is 163 g/mol. The van der Waals surface area contributed by atoms with Crippen LogP contribution in [0, 0.1) is 6.92 Å². The van der Waals surface area contributed by atoms with Crippen LogP contribution in [0.1, 0.15) is 31.5 Å². The molecule has 0 saturated carbocycles. The summed E-state index contributed by atoms with van der Waals surface area (Å²) in [4.78, 5) is 0. The van der Waals surface area contributed by atoms with Crippen molar-refractivity contribution in [3.63, 3.8) is 0 Å². The summed E-state index contributed by atoms with van der Waals surface area (Å²) in [6.07, 6.45) is 7.62. The summed E-state index contributed by atoms with van der Waals surface area (Å²) in [6.45, 7) is 7.53. The minimum atomic E-state index is 1.12. The predicted molar refractivity (Wildman–Crippen MR) is 54.2 cm³/mol. The van der Waals surface area contributed by atoms with Crippen LogP contribution in [0.3, 0.4) is 0 Å². The lowest BCUT2D eigenvalue weighted by atomic mass is 10.2. The summed E-state index contributed by atoms with van der Waals surface area (Å²) < 4.78 is 2.30. The lowest BCUT2D eigenvalue weighted by molar-refractivity contribution is 0.677. The smallest absolute Gasteiger partial charge is 0.0433 e. The van der Waals surface area contributed by atoms with Crippen molar-refractivity contribution in [2.75, 3.05) is 0 Å². The van der Waals surface area contributed by atoms with Crippen molar-refractivity contribution < 1.29 is 0 Å². The van der Waals surface area contributed by atoms with E-state index in [9.17, 15) is 0 Å². The third-order valence-corrected chi connectivity index (χ3v) is 2.01. The van der Waals surface area contributed by atoms with Crippen molar-refractivity contribution in [2.45, 2.75) is 33.7 Å². The van der Waals surface area contributed by atoms with Gasteiger partial charge in [0, 0.05) is 18.4 Å². The number of hydrogen-bond donors (Lipinski definition) is 0. The molecule has 1 heterocycles. The van der Waals surface area contributed by atoms with Crippen LogP contribution in [-0.2, 0) is 6.54 Å². The summed E-state index contributed by atoms with van der Waals surface area (Å²) in [5.41, 5.74) is 2.71. The van der Waals surface area contributed by atoms with E-state index in [1.54, 1.807) is 0 Å². The second-order valence-electron chi connectivity index (χ2n) is 3.08. The van der Waals surface area contributed by atoms with Crippen LogP contribution in [0.15, 0.2) is 18.3 Å². The molecular formula is C11H17N. The first-order valence-corrected chi connectivity index (χ1v) is 4.58. The molecule has 0 aromatic carbocycles. The van der Waals surface area contributed by atoms with Crippen molar-refractivity contribution in [3.8, 4) is 0 Å². The molecule has 0 saturated heterocycles. The fourth-order valence-electron chi connectivity index (χ4n) is 1.41. The minimum absolute atomic E-state index is 1.12. The van der Waals surface area contributed by atoms with Crippen LogP contribution in [0.5, 0.6) is 0 Å². The molecule has 0 atom stereocenters. The molecule has 0 aliphatic carbocycles. The standard InChI is InChI=1S/C11H17N/c1-4-6-11-10(3)7-9-12(11)8-5-2/h4,6-7,9H,5,8H2,1-3H3. The molecule has 1 aromatic rings. The number of nitrogens with zero attached hydrogens (tertiary/aromatic N) is 1. The number of aryl methyl sites for hydroxylation is 2. The number of aromatic nitrogens is 1. The summed E-state index contributed by atoms with van der Waals surface area (Å²) in [5.74, 6) is 0. The van der Waals surface area contributed by atoms with E-state index < -0.39 is 0 Å². The quantitative estimate of drug-likeness (QED) is 0.644. The van der Waals surface area contributed by atoms with Gasteiger partial charge in [0.1, 0.15) is 0 Å². The van der Waals surface area contributed by atoms with Crippen molar-refractivity contribution >= 4 is 6.08 Å². The molecular weight excluding hydrogens is 146 g/mol. The first kappa shape index (κ1) is 9.11. The molecule has 0 unspecified atom stereocenters. The average Bonchev–Trinajstić information content (AvgIpc) is 2.37. The second-order valence-corrected chi connectivity index (χ2v) is 3.08. The van der Waals surface area contributed by atoms with Gasteiger partial charge in [0.05, 0.1) is 0 Å². The monoisotopic (exact) mass is 163 g/mol. The Morgan fingerprint density at radius 3 is 2.83 bits per heavy atom. The van der Waals surface area contributed by atoms with E-state index in [2.05, 4.69) is 49.8 Å². The molecule has 0 aliphatic rings. The van der Waals surface area contributed by atoms with Gasteiger partial charge in [-0.05, 0) is 38.0 Å². The maximum atomic E-state index is 2.30. The van der Waals surface area contributed by atoms with E-state index >= 15 is 0 Å². The summed E-state index contributed by atoms with van der Waals surface area (Å²) in [7, 11) is 0. The number of allylic oxidation sites excluding steroid dienone is 1. The third kappa shape index (κ3) is 1.79. The Bertz CT molecular complexity index is 269. The molecule has 0 bridgehead atoms. The number of rotatable bonds is 3. The largest absolute Gasteiger partial charge is 0.348 e. The third-order valence-electron chi connectivity index (χ3n) is 2.01. The van der Waals surface area contributed by atoms with E-state index in [0.717, 1.165) is 6.54 Å². The lowest BCUT2D eigenvalue weighted by Gasteiger charge is -2.04. The first-order valence-electron chi connectivity index (χ1n) is 4.58. The molecule has 0 spiro atoms. The van der Waals surface area contributed by atoms with Crippen LogP contribution in [0.4, 0.5) is 0 Å². The zero-order valence-corrected chi connectivity index (χ0v) is 8.17. The molecule has 0 fully saturated rings. The van der Waals surface area contributed by atoms with Gasteiger partial charge in [-0.15, -0.1) is 0 Å². The van der Waals surface area contributed by atoms with Gasteiger partial charge >= 0.3 is 0 Å². The highest BCUT2D eigenvalue weighted by molar-refractivity contribution is 5.49. The van der Waals surface area contributed by atoms with Gasteiger partial charge in [-0.2, -0.15) is 0 Å².